The van der Waals surface area contributed by atoms with Gasteiger partial charge in [0, 0.05) is 38.6 Å². The Labute approximate surface area is 110 Å². The van der Waals surface area contributed by atoms with Crippen LogP contribution in [0.4, 0.5) is 0 Å². The highest BCUT2D eigenvalue weighted by Crippen LogP contribution is 2.27. The number of amides is 1. The van der Waals surface area contributed by atoms with Gasteiger partial charge in [0.1, 0.15) is 0 Å². The summed E-state index contributed by atoms with van der Waals surface area (Å²) in [6.45, 7) is 3.18. The molecule has 1 N–H and O–H groups in total. The van der Waals surface area contributed by atoms with E-state index in [0.717, 1.165) is 19.1 Å². The topological polar surface area (TPSA) is 82.4 Å². The highest BCUT2D eigenvalue weighted by atomic mass is 16.6. The first-order chi connectivity index (χ1) is 9.15. The van der Waals surface area contributed by atoms with Gasteiger partial charge in [-0.2, -0.15) is 0 Å². The monoisotopic (exact) mass is 267 g/mol. The van der Waals surface area contributed by atoms with Crippen LogP contribution in [0.2, 0.25) is 0 Å². The maximum absolute atomic E-state index is 12.2. The summed E-state index contributed by atoms with van der Waals surface area (Å²) < 4.78 is 0. The minimum Gasteiger partial charge on any atom is -0.477 e. The number of oxime groups is 1. The van der Waals surface area contributed by atoms with Crippen molar-refractivity contribution in [2.75, 3.05) is 26.2 Å². The van der Waals surface area contributed by atoms with Gasteiger partial charge >= 0.3 is 5.97 Å². The van der Waals surface area contributed by atoms with Crippen LogP contribution in [0.15, 0.2) is 5.16 Å². The van der Waals surface area contributed by atoms with Crippen molar-refractivity contribution in [3.8, 4) is 0 Å². The number of nitrogens with zero attached hydrogens (tertiary/aromatic N) is 3. The van der Waals surface area contributed by atoms with Gasteiger partial charge in [0.05, 0.1) is 0 Å². The fourth-order valence-electron chi connectivity index (χ4n) is 2.59. The zero-order chi connectivity index (χ0) is 13.4. The van der Waals surface area contributed by atoms with E-state index < -0.39 is 12.1 Å². The Bertz CT molecular complexity index is 425. The quantitative estimate of drug-likeness (QED) is 0.747. The molecule has 1 aliphatic carbocycles. The average molecular weight is 267 g/mol. The lowest BCUT2D eigenvalue weighted by Gasteiger charge is -2.35. The van der Waals surface area contributed by atoms with Gasteiger partial charge in [-0.05, 0) is 12.8 Å². The summed E-state index contributed by atoms with van der Waals surface area (Å²) in [7, 11) is 0. The van der Waals surface area contributed by atoms with Crippen LogP contribution in [0, 0.1) is 0 Å². The van der Waals surface area contributed by atoms with E-state index in [0.29, 0.717) is 13.1 Å². The normalized spacial score (nSPS) is 27.9. The van der Waals surface area contributed by atoms with Crippen molar-refractivity contribution in [3.63, 3.8) is 0 Å². The Morgan fingerprint density at radius 3 is 2.42 bits per heavy atom. The molecule has 0 aromatic heterocycles. The van der Waals surface area contributed by atoms with Gasteiger partial charge in [0.25, 0.3) is 5.91 Å². The summed E-state index contributed by atoms with van der Waals surface area (Å²) in [4.78, 5) is 32.0. The lowest BCUT2D eigenvalue weighted by Crippen LogP contribution is -2.52. The minimum atomic E-state index is -1.12. The second-order valence-corrected chi connectivity index (χ2v) is 5.23. The smallest absolute Gasteiger partial charge is 0.353 e. The molecule has 2 aliphatic heterocycles. The van der Waals surface area contributed by atoms with Crippen molar-refractivity contribution < 1.29 is 19.5 Å². The van der Waals surface area contributed by atoms with E-state index >= 15 is 0 Å². The molecular weight excluding hydrogens is 250 g/mol. The highest BCUT2D eigenvalue weighted by Gasteiger charge is 2.37. The van der Waals surface area contributed by atoms with E-state index in [1.165, 1.54) is 12.8 Å². The van der Waals surface area contributed by atoms with Crippen molar-refractivity contribution in [1.82, 2.24) is 9.80 Å². The van der Waals surface area contributed by atoms with E-state index in [9.17, 15) is 9.59 Å². The number of carbonyl (C=O) groups is 2. The Morgan fingerprint density at radius 2 is 1.89 bits per heavy atom. The van der Waals surface area contributed by atoms with Gasteiger partial charge in [0.15, 0.2) is 5.71 Å². The van der Waals surface area contributed by atoms with Crippen LogP contribution >= 0.6 is 0 Å². The van der Waals surface area contributed by atoms with E-state index in [1.807, 2.05) is 0 Å². The first-order valence-corrected chi connectivity index (χ1v) is 6.64. The predicted octanol–water partition coefficient (Wildman–Crippen LogP) is -0.477. The van der Waals surface area contributed by atoms with Crippen LogP contribution in [0.3, 0.4) is 0 Å². The molecule has 3 aliphatic rings. The molecule has 0 aromatic rings. The summed E-state index contributed by atoms with van der Waals surface area (Å²) in [6.07, 6.45) is 1.86. The van der Waals surface area contributed by atoms with Crippen molar-refractivity contribution in [1.29, 1.82) is 0 Å². The summed E-state index contributed by atoms with van der Waals surface area (Å²) in [5.41, 5.74) is -0.0741. The summed E-state index contributed by atoms with van der Waals surface area (Å²) in [5.74, 6) is -1.26. The molecule has 1 unspecified atom stereocenters. The van der Waals surface area contributed by atoms with Crippen molar-refractivity contribution in [2.24, 2.45) is 5.16 Å². The molecule has 3 rings (SSSR count). The van der Waals surface area contributed by atoms with Gasteiger partial charge in [-0.3, -0.25) is 9.69 Å². The van der Waals surface area contributed by atoms with Gasteiger partial charge < -0.3 is 14.8 Å². The molecule has 2 fully saturated rings. The number of carboxylic acids is 1. The van der Waals surface area contributed by atoms with Gasteiger partial charge in [-0.15, -0.1) is 0 Å². The number of hydrogen-bond acceptors (Lipinski definition) is 5. The maximum Gasteiger partial charge on any atom is 0.353 e. The molecule has 7 heteroatoms. The zero-order valence-electron chi connectivity index (χ0n) is 10.6. The molecule has 2 heterocycles. The van der Waals surface area contributed by atoms with Gasteiger partial charge in [0.2, 0.25) is 6.10 Å². The van der Waals surface area contributed by atoms with Crippen LogP contribution in [-0.4, -0.2) is 70.8 Å². The van der Waals surface area contributed by atoms with Crippen molar-refractivity contribution >= 4 is 17.6 Å². The Kier molecular flexibility index (Phi) is 3.14. The number of carboxylic acid groups (broad SMARTS) is 1. The molecule has 0 spiro atoms. The Hall–Kier alpha value is -1.63. The third-order valence-corrected chi connectivity index (χ3v) is 3.88. The van der Waals surface area contributed by atoms with E-state index in [-0.39, 0.29) is 18.0 Å². The fourth-order valence-corrected chi connectivity index (χ4v) is 2.59. The number of carbonyl (C=O) groups excluding carboxylic acids is 1. The lowest BCUT2D eigenvalue weighted by atomic mass is 10.1. The molecule has 1 amide bonds. The molecule has 0 aromatic carbocycles. The second-order valence-electron chi connectivity index (χ2n) is 5.23. The number of piperazine rings is 1. The van der Waals surface area contributed by atoms with Crippen LogP contribution in [0.25, 0.3) is 0 Å². The lowest BCUT2D eigenvalue weighted by molar-refractivity contribution is -0.143. The molecular formula is C12H17N3O4. The number of hydrogen-bond donors (Lipinski definition) is 1. The molecule has 1 saturated heterocycles. The van der Waals surface area contributed by atoms with Crippen molar-refractivity contribution in [2.45, 2.75) is 31.4 Å². The summed E-state index contributed by atoms with van der Waals surface area (Å²) >= 11 is 0. The third kappa shape index (κ3) is 2.56. The Balaban J connectivity index is 1.50. The molecule has 1 atom stereocenters. The molecule has 0 bridgehead atoms. The van der Waals surface area contributed by atoms with Crippen LogP contribution < -0.4 is 0 Å². The molecule has 0 radical (unpaired) electrons. The minimum absolute atomic E-state index is 0.0665. The molecule has 104 valence electrons. The second kappa shape index (κ2) is 4.80. The summed E-state index contributed by atoms with van der Waals surface area (Å²) in [6, 6.07) is 0.724. The predicted molar refractivity (Wildman–Crippen MR) is 65.7 cm³/mol. The first kappa shape index (κ1) is 12.4. The highest BCUT2D eigenvalue weighted by molar-refractivity contribution is 6.36. The molecule has 7 nitrogen and oxygen atoms in total. The van der Waals surface area contributed by atoms with Gasteiger partial charge in [-0.1, -0.05) is 5.16 Å². The largest absolute Gasteiger partial charge is 0.477 e. The number of aliphatic carboxylic acids is 1. The first-order valence-electron chi connectivity index (χ1n) is 6.64. The van der Waals surface area contributed by atoms with E-state index in [4.69, 9.17) is 9.94 Å². The van der Waals surface area contributed by atoms with Crippen molar-refractivity contribution in [3.05, 3.63) is 0 Å². The molecule has 1 saturated carbocycles. The zero-order valence-corrected chi connectivity index (χ0v) is 10.6. The fraction of sp³-hybridized carbons (Fsp3) is 0.750. The standard InChI is InChI=1S/C12H17N3O4/c16-11(10-7-9(12(17)18)13-19-10)15-5-3-14(4-6-15)8-1-2-8/h8,10H,1-7H2,(H,17,18). The Morgan fingerprint density at radius 1 is 1.21 bits per heavy atom. The van der Waals surface area contributed by atoms with Crippen LogP contribution in [0.1, 0.15) is 19.3 Å². The molecule has 19 heavy (non-hydrogen) atoms. The summed E-state index contributed by atoms with van der Waals surface area (Å²) in [5, 5.41) is 12.2. The average Bonchev–Trinajstić information content (AvgIpc) is 3.14. The number of rotatable bonds is 3. The SMILES string of the molecule is O=C(O)C1=NOC(C(=O)N2CCN(C3CC3)CC2)C1. The van der Waals surface area contributed by atoms with Crippen LogP contribution in [-0.2, 0) is 14.4 Å². The van der Waals surface area contributed by atoms with Gasteiger partial charge in [-0.25, -0.2) is 4.79 Å². The van der Waals surface area contributed by atoms with E-state index in [1.54, 1.807) is 4.90 Å². The maximum atomic E-state index is 12.2. The van der Waals surface area contributed by atoms with Crippen LogP contribution in [0.5, 0.6) is 0 Å². The van der Waals surface area contributed by atoms with E-state index in [2.05, 4.69) is 10.1 Å². The third-order valence-electron chi connectivity index (χ3n) is 3.88.